The maximum absolute atomic E-state index is 9.69. The molecule has 0 saturated carbocycles. The first-order valence-corrected chi connectivity index (χ1v) is 7.25. The molecule has 2 N–H and O–H groups in total. The molecule has 0 aliphatic carbocycles. The molecule has 1 fully saturated rings. The summed E-state index contributed by atoms with van der Waals surface area (Å²) in [5.41, 5.74) is 1.31. The summed E-state index contributed by atoms with van der Waals surface area (Å²) < 4.78 is 1.89. The molecular formula is C11H14ClI2NO. The van der Waals surface area contributed by atoms with E-state index < -0.39 is 0 Å². The molecule has 1 heterocycles. The number of nitrogens with one attached hydrogen (secondary N) is 1. The maximum Gasteiger partial charge on any atom is 0.142 e. The average molecular weight is 466 g/mol. The zero-order valence-electron chi connectivity index (χ0n) is 8.67. The molecule has 90 valence electrons. The van der Waals surface area contributed by atoms with Gasteiger partial charge < -0.3 is 10.4 Å². The van der Waals surface area contributed by atoms with Crippen LogP contribution in [0.1, 0.15) is 30.9 Å². The van der Waals surface area contributed by atoms with Crippen molar-refractivity contribution in [2.24, 2.45) is 0 Å². The van der Waals surface area contributed by atoms with Gasteiger partial charge in [-0.1, -0.05) is 6.42 Å². The van der Waals surface area contributed by atoms with Crippen LogP contribution in [0, 0.1) is 7.14 Å². The Morgan fingerprint density at radius 2 is 1.81 bits per heavy atom. The average Bonchev–Trinajstić information content (AvgIpc) is 2.26. The Balaban J connectivity index is 0.00000128. The Bertz CT molecular complexity index is 344. The van der Waals surface area contributed by atoms with E-state index in [-0.39, 0.29) is 12.4 Å². The number of hydrogen-bond acceptors (Lipinski definition) is 2. The number of phenolic OH excluding ortho intramolecular Hbond substituents is 1. The Hall–Kier alpha value is 0.730. The number of halogens is 3. The van der Waals surface area contributed by atoms with Crippen molar-refractivity contribution in [3.05, 3.63) is 24.8 Å². The molecule has 2 nitrogen and oxygen atoms in total. The van der Waals surface area contributed by atoms with Crippen LogP contribution < -0.4 is 5.32 Å². The lowest BCUT2D eigenvalue weighted by molar-refractivity contribution is 0.410. The minimum absolute atomic E-state index is 0. The van der Waals surface area contributed by atoms with Crippen molar-refractivity contribution >= 4 is 57.6 Å². The summed E-state index contributed by atoms with van der Waals surface area (Å²) in [6, 6.07) is 4.64. The summed E-state index contributed by atoms with van der Waals surface area (Å²) in [6.45, 7) is 1.11. The van der Waals surface area contributed by atoms with Crippen LogP contribution in [0.3, 0.4) is 0 Å². The third-order valence-corrected chi connectivity index (χ3v) is 4.40. The molecule has 0 radical (unpaired) electrons. The number of benzene rings is 1. The Labute approximate surface area is 129 Å². The third kappa shape index (κ3) is 3.36. The predicted octanol–water partition coefficient (Wildman–Crippen LogP) is 3.84. The predicted molar refractivity (Wildman–Crippen MR) is 85.4 cm³/mol. The Kier molecular flexibility index (Phi) is 6.11. The first-order chi connectivity index (χ1) is 7.18. The van der Waals surface area contributed by atoms with E-state index in [0.29, 0.717) is 11.8 Å². The van der Waals surface area contributed by atoms with Crippen LogP contribution in [-0.4, -0.2) is 11.7 Å². The molecule has 1 saturated heterocycles. The smallest absolute Gasteiger partial charge is 0.142 e. The number of phenols is 1. The molecule has 1 aromatic rings. The largest absolute Gasteiger partial charge is 0.506 e. The molecule has 0 amide bonds. The van der Waals surface area contributed by atoms with Crippen molar-refractivity contribution in [1.29, 1.82) is 0 Å². The second-order valence-electron chi connectivity index (χ2n) is 3.84. The van der Waals surface area contributed by atoms with Gasteiger partial charge in [-0.25, -0.2) is 0 Å². The van der Waals surface area contributed by atoms with E-state index in [1.807, 2.05) is 0 Å². The molecule has 0 bridgehead atoms. The van der Waals surface area contributed by atoms with Crippen molar-refractivity contribution in [2.45, 2.75) is 25.3 Å². The van der Waals surface area contributed by atoms with Crippen LogP contribution in [-0.2, 0) is 0 Å². The SMILES string of the molecule is Cl.Oc1c(I)cc([C@@H]2CCCCN2)cc1I. The number of piperidine rings is 1. The quantitative estimate of drug-likeness (QED) is 0.618. The normalized spacial score (nSPS) is 20.2. The molecule has 5 heteroatoms. The highest BCUT2D eigenvalue weighted by Crippen LogP contribution is 2.32. The minimum Gasteiger partial charge on any atom is -0.506 e. The Morgan fingerprint density at radius 1 is 1.19 bits per heavy atom. The van der Waals surface area contributed by atoms with Gasteiger partial charge in [-0.2, -0.15) is 0 Å². The zero-order chi connectivity index (χ0) is 10.8. The molecule has 1 atom stereocenters. The molecule has 0 spiro atoms. The highest BCUT2D eigenvalue weighted by atomic mass is 127. The number of aromatic hydroxyl groups is 1. The van der Waals surface area contributed by atoms with Gasteiger partial charge in [-0.3, -0.25) is 0 Å². The van der Waals surface area contributed by atoms with Gasteiger partial charge in [0.2, 0.25) is 0 Å². The van der Waals surface area contributed by atoms with Crippen LogP contribution >= 0.6 is 57.6 Å². The second-order valence-corrected chi connectivity index (χ2v) is 6.16. The van der Waals surface area contributed by atoms with Crippen molar-refractivity contribution in [3.63, 3.8) is 0 Å². The van der Waals surface area contributed by atoms with Crippen LogP contribution in [0.4, 0.5) is 0 Å². The van der Waals surface area contributed by atoms with Gasteiger partial charge in [0.15, 0.2) is 0 Å². The molecule has 16 heavy (non-hydrogen) atoms. The van der Waals surface area contributed by atoms with E-state index >= 15 is 0 Å². The van der Waals surface area contributed by atoms with E-state index in [9.17, 15) is 5.11 Å². The van der Waals surface area contributed by atoms with Gasteiger partial charge in [-0.15, -0.1) is 12.4 Å². The maximum atomic E-state index is 9.69. The highest BCUT2D eigenvalue weighted by Gasteiger charge is 2.16. The molecule has 0 aromatic heterocycles. The van der Waals surface area contributed by atoms with Crippen LogP contribution in [0.5, 0.6) is 5.75 Å². The first kappa shape index (κ1) is 14.8. The van der Waals surface area contributed by atoms with Crippen molar-refractivity contribution < 1.29 is 5.11 Å². The van der Waals surface area contributed by atoms with Crippen LogP contribution in [0.2, 0.25) is 0 Å². The monoisotopic (exact) mass is 465 g/mol. The van der Waals surface area contributed by atoms with E-state index in [2.05, 4.69) is 62.6 Å². The third-order valence-electron chi connectivity index (χ3n) is 2.75. The van der Waals surface area contributed by atoms with E-state index in [0.717, 1.165) is 13.7 Å². The van der Waals surface area contributed by atoms with Gasteiger partial charge in [0.25, 0.3) is 0 Å². The molecule has 1 aromatic carbocycles. The van der Waals surface area contributed by atoms with Crippen LogP contribution in [0.25, 0.3) is 0 Å². The topological polar surface area (TPSA) is 32.3 Å². The van der Waals surface area contributed by atoms with Gasteiger partial charge >= 0.3 is 0 Å². The summed E-state index contributed by atoms with van der Waals surface area (Å²) in [5, 5.41) is 13.2. The molecular weight excluding hydrogens is 451 g/mol. The van der Waals surface area contributed by atoms with E-state index in [1.54, 1.807) is 0 Å². The molecule has 1 aliphatic rings. The number of hydrogen-bond donors (Lipinski definition) is 2. The summed E-state index contributed by atoms with van der Waals surface area (Å²) in [4.78, 5) is 0. The van der Waals surface area contributed by atoms with Gasteiger partial charge in [0.1, 0.15) is 5.75 Å². The van der Waals surface area contributed by atoms with Crippen molar-refractivity contribution in [3.8, 4) is 5.75 Å². The highest BCUT2D eigenvalue weighted by molar-refractivity contribution is 14.1. The van der Waals surface area contributed by atoms with Crippen molar-refractivity contribution in [2.75, 3.05) is 6.54 Å². The molecule has 0 unspecified atom stereocenters. The van der Waals surface area contributed by atoms with E-state index in [4.69, 9.17) is 0 Å². The fraction of sp³-hybridized carbons (Fsp3) is 0.455. The number of rotatable bonds is 1. The van der Waals surface area contributed by atoms with E-state index in [1.165, 1.54) is 24.8 Å². The van der Waals surface area contributed by atoms with Crippen LogP contribution in [0.15, 0.2) is 12.1 Å². The lowest BCUT2D eigenvalue weighted by Gasteiger charge is -2.24. The summed E-state index contributed by atoms with van der Waals surface area (Å²) in [5.74, 6) is 0.413. The van der Waals surface area contributed by atoms with Gasteiger partial charge in [0, 0.05) is 6.04 Å². The molecule has 2 rings (SSSR count). The summed E-state index contributed by atoms with van der Waals surface area (Å²) in [6.07, 6.45) is 3.78. The summed E-state index contributed by atoms with van der Waals surface area (Å²) in [7, 11) is 0. The zero-order valence-corrected chi connectivity index (χ0v) is 13.8. The Morgan fingerprint density at radius 3 is 2.31 bits per heavy atom. The fourth-order valence-corrected chi connectivity index (χ4v) is 3.74. The van der Waals surface area contributed by atoms with Gasteiger partial charge in [0.05, 0.1) is 7.14 Å². The van der Waals surface area contributed by atoms with Crippen molar-refractivity contribution in [1.82, 2.24) is 5.32 Å². The van der Waals surface area contributed by atoms with Gasteiger partial charge in [-0.05, 0) is 82.3 Å². The minimum atomic E-state index is 0. The lowest BCUT2D eigenvalue weighted by Crippen LogP contribution is -2.26. The summed E-state index contributed by atoms with van der Waals surface area (Å²) >= 11 is 4.38. The fourth-order valence-electron chi connectivity index (χ4n) is 1.92. The first-order valence-electron chi connectivity index (χ1n) is 5.10. The lowest BCUT2D eigenvalue weighted by atomic mass is 9.98. The second kappa shape index (κ2) is 6.61. The standard InChI is InChI=1S/C11H13I2NO.ClH/c12-8-5-7(6-9(13)11(8)15)10-3-1-2-4-14-10;/h5-6,10,14-15H,1-4H2;1H/t10-;/m0./s1. The molecule has 1 aliphatic heterocycles.